The molecule has 1 aliphatic rings. The Morgan fingerprint density at radius 3 is 2.72 bits per heavy atom. The van der Waals surface area contributed by atoms with Gasteiger partial charge in [0.25, 0.3) is 0 Å². The first-order valence-corrected chi connectivity index (χ1v) is 10.9. The van der Waals surface area contributed by atoms with Crippen LogP contribution in [0.3, 0.4) is 0 Å². The van der Waals surface area contributed by atoms with Crippen molar-refractivity contribution in [2.75, 3.05) is 13.1 Å². The van der Waals surface area contributed by atoms with Crippen LogP contribution in [0.1, 0.15) is 18.0 Å². The standard InChI is InChI=1S/C21H20N4O3S/c1-15-4-6-18(7-5-15)29(26,27)24-11-8-17(13-24)25-20(16-9-12-28-14-16)23-19-3-2-10-22-21(19)25/h2-7,9-10,12,14,17H,8,11,13H2,1H3/t17-/m1/s1. The van der Waals surface area contributed by atoms with E-state index >= 15 is 0 Å². The molecule has 29 heavy (non-hydrogen) atoms. The Bertz CT molecular complexity index is 1260. The molecule has 3 aromatic heterocycles. The van der Waals surface area contributed by atoms with Crippen LogP contribution < -0.4 is 0 Å². The normalized spacial score (nSPS) is 17.9. The minimum absolute atomic E-state index is 0.0555. The number of hydrogen-bond donors (Lipinski definition) is 0. The second-order valence-corrected chi connectivity index (χ2v) is 9.22. The van der Waals surface area contributed by atoms with Crippen molar-refractivity contribution in [1.29, 1.82) is 0 Å². The number of nitrogens with zero attached hydrogens (tertiary/aromatic N) is 4. The predicted molar refractivity (Wildman–Crippen MR) is 109 cm³/mol. The Balaban J connectivity index is 1.53. The van der Waals surface area contributed by atoms with Crippen molar-refractivity contribution in [3.8, 4) is 11.4 Å². The van der Waals surface area contributed by atoms with Crippen molar-refractivity contribution >= 4 is 21.2 Å². The van der Waals surface area contributed by atoms with Crippen molar-refractivity contribution in [2.24, 2.45) is 0 Å². The highest BCUT2D eigenvalue weighted by atomic mass is 32.2. The zero-order valence-electron chi connectivity index (χ0n) is 15.9. The van der Waals surface area contributed by atoms with Gasteiger partial charge in [0.2, 0.25) is 10.0 Å². The maximum Gasteiger partial charge on any atom is 0.243 e. The molecule has 1 saturated heterocycles. The summed E-state index contributed by atoms with van der Waals surface area (Å²) in [6.07, 6.45) is 5.68. The van der Waals surface area contributed by atoms with E-state index in [1.54, 1.807) is 35.2 Å². The number of benzene rings is 1. The number of aromatic nitrogens is 3. The van der Waals surface area contributed by atoms with E-state index in [9.17, 15) is 8.42 Å². The Morgan fingerprint density at radius 2 is 1.97 bits per heavy atom. The summed E-state index contributed by atoms with van der Waals surface area (Å²) in [4.78, 5) is 9.57. The summed E-state index contributed by atoms with van der Waals surface area (Å²) >= 11 is 0. The van der Waals surface area contributed by atoms with Gasteiger partial charge in [-0.25, -0.2) is 18.4 Å². The van der Waals surface area contributed by atoms with Crippen LogP contribution in [0.4, 0.5) is 0 Å². The molecule has 0 radical (unpaired) electrons. The Morgan fingerprint density at radius 1 is 1.14 bits per heavy atom. The monoisotopic (exact) mass is 408 g/mol. The van der Waals surface area contributed by atoms with Crippen molar-refractivity contribution in [3.05, 3.63) is 66.8 Å². The number of fused-ring (bicyclic) bond motifs is 1. The van der Waals surface area contributed by atoms with Crippen LogP contribution in [-0.2, 0) is 10.0 Å². The fraction of sp³-hybridized carbons (Fsp3) is 0.238. The molecule has 1 aliphatic heterocycles. The first-order valence-electron chi connectivity index (χ1n) is 9.46. The van der Waals surface area contributed by atoms with Crippen molar-refractivity contribution in [2.45, 2.75) is 24.3 Å². The van der Waals surface area contributed by atoms with Crippen LogP contribution in [0.5, 0.6) is 0 Å². The van der Waals surface area contributed by atoms with E-state index in [0.29, 0.717) is 24.4 Å². The molecule has 0 spiro atoms. The number of furan rings is 1. The summed E-state index contributed by atoms with van der Waals surface area (Å²) in [5.74, 6) is 0.743. The fourth-order valence-electron chi connectivity index (χ4n) is 3.87. The van der Waals surface area contributed by atoms with E-state index < -0.39 is 10.0 Å². The molecule has 7 nitrogen and oxygen atoms in total. The van der Waals surface area contributed by atoms with Gasteiger partial charge in [0.05, 0.1) is 22.8 Å². The SMILES string of the molecule is Cc1ccc(S(=O)(=O)N2CC[C@@H](n3c(-c4ccoc4)nc4cccnc43)C2)cc1. The maximum atomic E-state index is 13.1. The first kappa shape index (κ1) is 18.1. The summed E-state index contributed by atoms with van der Waals surface area (Å²) < 4.78 is 35.1. The van der Waals surface area contributed by atoms with Gasteiger partial charge in [-0.1, -0.05) is 17.7 Å². The van der Waals surface area contributed by atoms with Gasteiger partial charge >= 0.3 is 0 Å². The minimum Gasteiger partial charge on any atom is -0.472 e. The molecule has 4 aromatic rings. The maximum absolute atomic E-state index is 13.1. The highest BCUT2D eigenvalue weighted by Gasteiger charge is 2.35. The number of hydrogen-bond acceptors (Lipinski definition) is 5. The van der Waals surface area contributed by atoms with E-state index in [1.165, 1.54) is 0 Å². The summed E-state index contributed by atoms with van der Waals surface area (Å²) in [6.45, 7) is 2.78. The van der Waals surface area contributed by atoms with Crippen LogP contribution in [0, 0.1) is 6.92 Å². The van der Waals surface area contributed by atoms with Gasteiger partial charge in [-0.05, 0) is 43.7 Å². The van der Waals surface area contributed by atoms with Gasteiger partial charge in [0.15, 0.2) is 5.65 Å². The third-order valence-corrected chi connectivity index (χ3v) is 7.26. The average molecular weight is 408 g/mol. The molecular formula is C21H20N4O3S. The first-order chi connectivity index (χ1) is 14.0. The van der Waals surface area contributed by atoms with Crippen LogP contribution in [0.2, 0.25) is 0 Å². The molecule has 1 fully saturated rings. The number of rotatable bonds is 4. The van der Waals surface area contributed by atoms with Crippen LogP contribution >= 0.6 is 0 Å². The molecule has 0 bridgehead atoms. The topological polar surface area (TPSA) is 81.2 Å². The zero-order valence-corrected chi connectivity index (χ0v) is 16.7. The second-order valence-electron chi connectivity index (χ2n) is 7.28. The quantitative estimate of drug-likeness (QED) is 0.515. The molecule has 5 rings (SSSR count). The Labute approximate surface area is 168 Å². The minimum atomic E-state index is -3.54. The van der Waals surface area contributed by atoms with E-state index in [4.69, 9.17) is 9.40 Å². The molecule has 0 aliphatic carbocycles. The van der Waals surface area contributed by atoms with Gasteiger partial charge in [-0.2, -0.15) is 4.31 Å². The van der Waals surface area contributed by atoms with E-state index in [1.807, 2.05) is 41.8 Å². The molecule has 1 atom stereocenters. The lowest BCUT2D eigenvalue weighted by molar-refractivity contribution is 0.455. The van der Waals surface area contributed by atoms with Crippen molar-refractivity contribution in [3.63, 3.8) is 0 Å². The molecule has 0 amide bonds. The molecule has 0 saturated carbocycles. The van der Waals surface area contributed by atoms with Crippen LogP contribution in [-0.4, -0.2) is 40.3 Å². The van der Waals surface area contributed by atoms with Crippen molar-refractivity contribution in [1.82, 2.24) is 18.8 Å². The lowest BCUT2D eigenvalue weighted by atomic mass is 10.2. The van der Waals surface area contributed by atoms with Gasteiger partial charge in [-0.15, -0.1) is 0 Å². The lowest BCUT2D eigenvalue weighted by Crippen LogP contribution is -2.29. The van der Waals surface area contributed by atoms with Gasteiger partial charge in [-0.3, -0.25) is 0 Å². The van der Waals surface area contributed by atoms with E-state index in [-0.39, 0.29) is 6.04 Å². The molecule has 148 valence electrons. The number of sulfonamides is 1. The molecule has 1 aromatic carbocycles. The van der Waals surface area contributed by atoms with Gasteiger partial charge < -0.3 is 8.98 Å². The van der Waals surface area contributed by atoms with Gasteiger partial charge in [0.1, 0.15) is 17.6 Å². The summed E-state index contributed by atoms with van der Waals surface area (Å²) in [6, 6.07) is 12.6. The van der Waals surface area contributed by atoms with Gasteiger partial charge in [0, 0.05) is 19.3 Å². The van der Waals surface area contributed by atoms with E-state index in [2.05, 4.69) is 4.98 Å². The molecule has 8 heteroatoms. The highest BCUT2D eigenvalue weighted by molar-refractivity contribution is 7.89. The third-order valence-electron chi connectivity index (χ3n) is 5.38. The summed E-state index contributed by atoms with van der Waals surface area (Å²) in [5, 5.41) is 0. The average Bonchev–Trinajstić information content (AvgIpc) is 3.46. The molecule has 0 unspecified atom stereocenters. The molecule has 0 N–H and O–H groups in total. The summed E-state index contributed by atoms with van der Waals surface area (Å²) in [7, 11) is -3.54. The number of aryl methyl sites for hydroxylation is 1. The zero-order chi connectivity index (χ0) is 20.0. The number of pyridine rings is 1. The Kier molecular flexibility index (Phi) is 4.25. The third kappa shape index (κ3) is 3.04. The van der Waals surface area contributed by atoms with Crippen molar-refractivity contribution < 1.29 is 12.8 Å². The van der Waals surface area contributed by atoms with E-state index in [0.717, 1.165) is 28.1 Å². The molecular weight excluding hydrogens is 388 g/mol. The highest BCUT2D eigenvalue weighted by Crippen LogP contribution is 2.34. The fourth-order valence-corrected chi connectivity index (χ4v) is 5.36. The predicted octanol–water partition coefficient (Wildman–Crippen LogP) is 3.64. The summed E-state index contributed by atoms with van der Waals surface area (Å²) in [5.41, 5.74) is 3.42. The molecule has 4 heterocycles. The van der Waals surface area contributed by atoms with Crippen LogP contribution in [0.15, 0.2) is 70.5 Å². The Hall–Kier alpha value is -2.97. The largest absolute Gasteiger partial charge is 0.472 e. The second kappa shape index (κ2) is 6.82. The van der Waals surface area contributed by atoms with Crippen LogP contribution in [0.25, 0.3) is 22.6 Å². The lowest BCUT2D eigenvalue weighted by Gasteiger charge is -2.18. The smallest absolute Gasteiger partial charge is 0.243 e. The number of imidazole rings is 1.